The number of aliphatic hydroxyl groups excluding tert-OH is 2. The first kappa shape index (κ1) is 52.0. The zero-order valence-electron chi connectivity index (χ0n) is 36.7. The molecule has 5 atom stereocenters. The summed E-state index contributed by atoms with van der Waals surface area (Å²) in [6, 6.07) is 0. The van der Waals surface area contributed by atoms with Crippen LogP contribution in [0, 0.1) is 11.8 Å². The fourth-order valence-electron chi connectivity index (χ4n) is 5.92. The normalized spacial score (nSPS) is 20.9. The van der Waals surface area contributed by atoms with E-state index in [9.17, 15) is 24.6 Å². The Hall–Kier alpha value is -4.05. The zero-order chi connectivity index (χ0) is 43.3. The number of hydrogen-bond acceptors (Lipinski definition) is 8. The summed E-state index contributed by atoms with van der Waals surface area (Å²) in [5.41, 5.74) is 4.65. The van der Waals surface area contributed by atoms with Crippen LogP contribution < -0.4 is 0 Å². The van der Waals surface area contributed by atoms with E-state index in [0.29, 0.717) is 12.8 Å². The summed E-state index contributed by atoms with van der Waals surface area (Å²) in [7, 11) is 0. The van der Waals surface area contributed by atoms with Gasteiger partial charge in [0.25, 0.3) is 0 Å². The molecular weight excluding hydrogens is 733 g/mol. The van der Waals surface area contributed by atoms with Gasteiger partial charge in [0, 0.05) is 12.0 Å². The van der Waals surface area contributed by atoms with Gasteiger partial charge in [-0.2, -0.15) is 0 Å². The summed E-state index contributed by atoms with van der Waals surface area (Å²) in [4.78, 5) is 36.5. The lowest BCUT2D eigenvalue weighted by atomic mass is 10.0. The molecule has 0 spiro atoms. The molecule has 0 amide bonds. The molecule has 1 aliphatic rings. The van der Waals surface area contributed by atoms with E-state index in [1.165, 1.54) is 37.7 Å². The third kappa shape index (κ3) is 25.3. The fraction of sp³-hybridized carbons (Fsp3) is 0.571. The van der Waals surface area contributed by atoms with E-state index in [1.807, 2.05) is 81.5 Å². The molecule has 0 aromatic rings. The molecule has 0 bridgehead atoms. The van der Waals surface area contributed by atoms with E-state index in [2.05, 4.69) is 26.8 Å². The third-order valence-corrected chi connectivity index (χ3v) is 9.78. The predicted octanol–water partition coefficient (Wildman–Crippen LogP) is 10.9. The summed E-state index contributed by atoms with van der Waals surface area (Å²) in [6.07, 6.45) is 32.4. The standard InChI is InChI=1S/C49H74O9/c1-36(2)23-15-13-11-9-10-12-14-16-34-44(51)57-46-45(52)43(50)35-56-49(46)58-48(55)42(8)33-22-31-40(6)29-20-27-38(4)25-18-17-24-37(3)26-19-28-39(5)30-21-32-41(7)47(53)54/h17-21,24-30,32,36,42-43,45-46,49-50,52H,9-16,22-23,31,33-35H2,1-8H3,(H,53,54)/b18-17+,26-19+,27-20+,30-21+,37-24+,38-25+,39-28+,40-29+,41-32+/t42?,43-,45+,46-,49+/m1/s1. The molecule has 3 N–H and O–H groups in total. The number of hydrogen-bond donors (Lipinski definition) is 3. The van der Waals surface area contributed by atoms with Crippen molar-refractivity contribution in [3.05, 3.63) is 107 Å². The van der Waals surface area contributed by atoms with Gasteiger partial charge < -0.3 is 29.5 Å². The maximum atomic E-state index is 13.0. The summed E-state index contributed by atoms with van der Waals surface area (Å²) in [5.74, 6) is -1.61. The minimum absolute atomic E-state index is 0.188. The molecular formula is C49H74O9. The highest BCUT2D eigenvalue weighted by Crippen LogP contribution is 2.24. The van der Waals surface area contributed by atoms with Crippen LogP contribution in [0.15, 0.2) is 107 Å². The van der Waals surface area contributed by atoms with E-state index in [-0.39, 0.29) is 18.6 Å². The topological polar surface area (TPSA) is 140 Å². The van der Waals surface area contributed by atoms with Crippen molar-refractivity contribution in [3.8, 4) is 0 Å². The third-order valence-electron chi connectivity index (χ3n) is 9.78. The number of unbranched alkanes of at least 4 members (excludes halogenated alkanes) is 7. The van der Waals surface area contributed by atoms with Crippen molar-refractivity contribution in [1.82, 2.24) is 0 Å². The number of aliphatic hydroxyl groups is 2. The van der Waals surface area contributed by atoms with E-state index >= 15 is 0 Å². The van der Waals surface area contributed by atoms with Crippen LogP contribution in [0.2, 0.25) is 0 Å². The second kappa shape index (κ2) is 30.9. The number of carbonyl (C=O) groups is 3. The van der Waals surface area contributed by atoms with Gasteiger partial charge in [0.05, 0.1) is 12.5 Å². The van der Waals surface area contributed by atoms with E-state index in [0.717, 1.165) is 54.7 Å². The predicted molar refractivity (Wildman–Crippen MR) is 235 cm³/mol. The van der Waals surface area contributed by atoms with Gasteiger partial charge >= 0.3 is 17.9 Å². The van der Waals surface area contributed by atoms with Gasteiger partial charge in [-0.15, -0.1) is 0 Å². The summed E-state index contributed by atoms with van der Waals surface area (Å²) in [6.45, 7) is 15.7. The summed E-state index contributed by atoms with van der Waals surface area (Å²) >= 11 is 0. The Balaban J connectivity index is 2.48. The molecule has 0 aliphatic carbocycles. The molecule has 1 heterocycles. The Bertz CT molecular complexity index is 1520. The average molecular weight is 807 g/mol. The highest BCUT2D eigenvalue weighted by atomic mass is 16.7. The first-order valence-electron chi connectivity index (χ1n) is 21.3. The molecule has 0 aromatic carbocycles. The summed E-state index contributed by atoms with van der Waals surface area (Å²) in [5, 5.41) is 29.7. The molecule has 58 heavy (non-hydrogen) atoms. The molecule has 1 aliphatic heterocycles. The van der Waals surface area contributed by atoms with Gasteiger partial charge in [0.15, 0.2) is 6.10 Å². The van der Waals surface area contributed by atoms with Crippen LogP contribution in [0.25, 0.3) is 0 Å². The Kier molecular flexibility index (Phi) is 27.7. The SMILES string of the molecule is CC(/C=C/C=C(C)/C=C/C=C(\C)C(=O)O)=C\C=C\C=C(C)\C=C\C=C(/C)CCCC(C)C(=O)O[C@@H]1OC[C@@H](O)[C@H](O)[C@H]1OC(=O)CCCCCCCCCCC(C)C. The second-order valence-electron chi connectivity index (χ2n) is 16.1. The van der Waals surface area contributed by atoms with Crippen LogP contribution in [0.5, 0.6) is 0 Å². The van der Waals surface area contributed by atoms with Crippen molar-refractivity contribution in [1.29, 1.82) is 0 Å². The molecule has 9 heteroatoms. The molecule has 1 saturated heterocycles. The van der Waals surface area contributed by atoms with E-state index in [1.54, 1.807) is 26.0 Å². The lowest BCUT2D eigenvalue weighted by Gasteiger charge is -2.37. The number of rotatable bonds is 27. The van der Waals surface area contributed by atoms with Gasteiger partial charge in [-0.05, 0) is 66.2 Å². The van der Waals surface area contributed by atoms with Crippen LogP contribution in [-0.4, -0.2) is 64.4 Å². The van der Waals surface area contributed by atoms with Gasteiger partial charge in [0.2, 0.25) is 6.29 Å². The number of carboxylic acid groups (broad SMARTS) is 1. The number of esters is 2. The molecule has 0 saturated carbocycles. The fourth-order valence-corrected chi connectivity index (χ4v) is 5.92. The highest BCUT2D eigenvalue weighted by molar-refractivity contribution is 5.86. The van der Waals surface area contributed by atoms with Crippen molar-refractivity contribution in [3.63, 3.8) is 0 Å². The minimum Gasteiger partial charge on any atom is -0.478 e. The average Bonchev–Trinajstić information content (AvgIpc) is 3.16. The summed E-state index contributed by atoms with van der Waals surface area (Å²) < 4.78 is 16.6. The van der Waals surface area contributed by atoms with Crippen molar-refractivity contribution in [2.45, 2.75) is 163 Å². The van der Waals surface area contributed by atoms with E-state index < -0.39 is 48.4 Å². The zero-order valence-corrected chi connectivity index (χ0v) is 36.7. The Labute approximate surface area is 349 Å². The van der Waals surface area contributed by atoms with Crippen LogP contribution in [0.1, 0.15) is 139 Å². The Morgan fingerprint density at radius 3 is 1.72 bits per heavy atom. The largest absolute Gasteiger partial charge is 0.478 e. The van der Waals surface area contributed by atoms with Gasteiger partial charge in [-0.25, -0.2) is 4.79 Å². The minimum atomic E-state index is -1.42. The molecule has 0 aromatic heterocycles. The number of carbonyl (C=O) groups excluding carboxylic acids is 2. The molecule has 1 rings (SSSR count). The van der Waals surface area contributed by atoms with Gasteiger partial charge in [0.1, 0.15) is 12.2 Å². The Morgan fingerprint density at radius 1 is 0.638 bits per heavy atom. The lowest BCUT2D eigenvalue weighted by Crippen LogP contribution is -2.56. The number of carboxylic acids is 1. The van der Waals surface area contributed by atoms with Crippen LogP contribution in [0.4, 0.5) is 0 Å². The van der Waals surface area contributed by atoms with Gasteiger partial charge in [-0.3, -0.25) is 9.59 Å². The monoisotopic (exact) mass is 807 g/mol. The quantitative estimate of drug-likeness (QED) is 0.0320. The molecule has 1 unspecified atom stereocenters. The molecule has 324 valence electrons. The lowest BCUT2D eigenvalue weighted by molar-refractivity contribution is -0.270. The molecule has 9 nitrogen and oxygen atoms in total. The first-order valence-corrected chi connectivity index (χ1v) is 21.3. The number of ether oxygens (including phenoxy) is 3. The Morgan fingerprint density at radius 2 is 1.16 bits per heavy atom. The molecule has 0 radical (unpaired) electrons. The molecule has 1 fully saturated rings. The van der Waals surface area contributed by atoms with Crippen molar-refractivity contribution >= 4 is 17.9 Å². The van der Waals surface area contributed by atoms with E-state index in [4.69, 9.17) is 19.3 Å². The number of allylic oxidation sites excluding steroid dienone is 17. The van der Waals surface area contributed by atoms with Crippen molar-refractivity contribution in [2.75, 3.05) is 6.61 Å². The second-order valence-corrected chi connectivity index (χ2v) is 16.1. The smallest absolute Gasteiger partial charge is 0.331 e. The van der Waals surface area contributed by atoms with Crippen molar-refractivity contribution in [2.24, 2.45) is 11.8 Å². The van der Waals surface area contributed by atoms with Crippen LogP contribution in [-0.2, 0) is 28.6 Å². The maximum Gasteiger partial charge on any atom is 0.331 e. The maximum absolute atomic E-state index is 13.0. The van der Waals surface area contributed by atoms with Gasteiger partial charge in [-0.1, -0.05) is 173 Å². The van der Waals surface area contributed by atoms with Crippen LogP contribution in [0.3, 0.4) is 0 Å². The van der Waals surface area contributed by atoms with Crippen molar-refractivity contribution < 1.29 is 43.9 Å². The highest BCUT2D eigenvalue weighted by Gasteiger charge is 2.44. The number of aliphatic carboxylic acids is 1. The van der Waals surface area contributed by atoms with Crippen LogP contribution >= 0.6 is 0 Å². The first-order chi connectivity index (χ1) is 27.6.